The van der Waals surface area contributed by atoms with Gasteiger partial charge in [-0.25, -0.2) is 4.99 Å². The van der Waals surface area contributed by atoms with Gasteiger partial charge in [0.1, 0.15) is 5.66 Å². The van der Waals surface area contributed by atoms with Crippen molar-refractivity contribution in [2.75, 3.05) is 4.90 Å². The molecule has 2 aliphatic rings. The van der Waals surface area contributed by atoms with Gasteiger partial charge in [0.05, 0.1) is 16.0 Å². The van der Waals surface area contributed by atoms with Gasteiger partial charge >= 0.3 is 0 Å². The number of aliphatic imine (C=N–C) groups is 2. The number of hydrogen-bond donors (Lipinski definition) is 2. The SMILES string of the molecule is NC1=NC2(CCCCC2)N(c2cccc3c([N+](=O)[O-])cccc23)C(N)=N1. The molecule has 0 saturated heterocycles. The van der Waals surface area contributed by atoms with Crippen molar-refractivity contribution in [3.63, 3.8) is 0 Å². The zero-order chi connectivity index (χ0) is 18.3. The van der Waals surface area contributed by atoms with Crippen molar-refractivity contribution in [2.24, 2.45) is 21.5 Å². The van der Waals surface area contributed by atoms with Crippen LogP contribution >= 0.6 is 0 Å². The Morgan fingerprint density at radius 2 is 1.73 bits per heavy atom. The number of nitro groups is 1. The number of fused-ring (bicyclic) bond motifs is 1. The molecule has 1 spiro atoms. The normalized spacial score (nSPS) is 19.3. The third-order valence-electron chi connectivity index (χ3n) is 5.17. The molecule has 1 heterocycles. The van der Waals surface area contributed by atoms with Gasteiger partial charge in [-0.2, -0.15) is 4.99 Å². The summed E-state index contributed by atoms with van der Waals surface area (Å²) in [5.41, 5.74) is 12.5. The Morgan fingerprint density at radius 1 is 1.04 bits per heavy atom. The summed E-state index contributed by atoms with van der Waals surface area (Å²) in [6, 6.07) is 10.5. The smallest absolute Gasteiger partial charge is 0.277 e. The molecular weight excluding hydrogens is 332 g/mol. The van der Waals surface area contributed by atoms with Crippen LogP contribution in [0.5, 0.6) is 0 Å². The standard InChI is InChI=1S/C18H20N6O2/c19-16-21-17(20)23(18(22-16)10-2-1-3-11-18)14-8-4-7-13-12(14)6-5-9-15(13)24(25)26/h4-9H,1-3,10-11H2,(H4,19,20,21,22). The van der Waals surface area contributed by atoms with Gasteiger partial charge in [-0.15, -0.1) is 0 Å². The van der Waals surface area contributed by atoms with Crippen LogP contribution in [0, 0.1) is 10.1 Å². The summed E-state index contributed by atoms with van der Waals surface area (Å²) < 4.78 is 0. The minimum Gasteiger partial charge on any atom is -0.369 e. The maximum absolute atomic E-state index is 11.4. The molecule has 26 heavy (non-hydrogen) atoms. The fourth-order valence-electron chi connectivity index (χ4n) is 4.10. The van der Waals surface area contributed by atoms with Crippen LogP contribution in [-0.2, 0) is 0 Å². The molecule has 8 heteroatoms. The van der Waals surface area contributed by atoms with Gasteiger partial charge in [0, 0.05) is 11.5 Å². The second kappa shape index (κ2) is 5.98. The number of guanidine groups is 2. The molecule has 2 aromatic carbocycles. The zero-order valence-corrected chi connectivity index (χ0v) is 14.3. The number of benzene rings is 2. The van der Waals surface area contributed by atoms with Crippen LogP contribution in [0.15, 0.2) is 46.4 Å². The summed E-state index contributed by atoms with van der Waals surface area (Å²) in [6.45, 7) is 0. The fourth-order valence-corrected chi connectivity index (χ4v) is 4.10. The van der Waals surface area contributed by atoms with E-state index < -0.39 is 5.66 Å². The summed E-state index contributed by atoms with van der Waals surface area (Å²) in [5.74, 6) is 0.463. The van der Waals surface area contributed by atoms with Gasteiger partial charge in [0.15, 0.2) is 0 Å². The molecule has 0 amide bonds. The number of rotatable bonds is 2. The molecule has 2 aromatic rings. The lowest BCUT2D eigenvalue weighted by Gasteiger charge is -2.46. The Bertz CT molecular complexity index is 946. The highest BCUT2D eigenvalue weighted by Gasteiger charge is 2.43. The number of non-ortho nitro benzene ring substituents is 1. The van der Waals surface area contributed by atoms with Gasteiger partial charge in [0.25, 0.3) is 5.69 Å². The predicted molar refractivity (Wildman–Crippen MR) is 102 cm³/mol. The minimum atomic E-state index is -0.576. The number of nitro benzene ring substituents is 1. The second-order valence-electron chi connectivity index (χ2n) is 6.73. The van der Waals surface area contributed by atoms with E-state index in [1.54, 1.807) is 18.2 Å². The van der Waals surface area contributed by atoms with E-state index in [2.05, 4.69) is 9.98 Å². The lowest BCUT2D eigenvalue weighted by atomic mass is 9.87. The van der Waals surface area contributed by atoms with Crippen molar-refractivity contribution in [3.8, 4) is 0 Å². The zero-order valence-electron chi connectivity index (χ0n) is 14.3. The summed E-state index contributed by atoms with van der Waals surface area (Å²) in [4.78, 5) is 21.8. The monoisotopic (exact) mass is 352 g/mol. The Morgan fingerprint density at radius 3 is 2.46 bits per heavy atom. The molecule has 0 atom stereocenters. The van der Waals surface area contributed by atoms with Crippen LogP contribution in [0.2, 0.25) is 0 Å². The molecule has 0 unspecified atom stereocenters. The fraction of sp³-hybridized carbons (Fsp3) is 0.333. The largest absolute Gasteiger partial charge is 0.369 e. The highest BCUT2D eigenvalue weighted by atomic mass is 16.6. The Labute approximate surface area is 150 Å². The van der Waals surface area contributed by atoms with Crippen molar-refractivity contribution in [1.29, 1.82) is 0 Å². The third-order valence-corrected chi connectivity index (χ3v) is 5.17. The lowest BCUT2D eigenvalue weighted by Crippen LogP contribution is -2.58. The molecule has 1 aliphatic carbocycles. The third kappa shape index (κ3) is 2.45. The van der Waals surface area contributed by atoms with E-state index in [1.807, 2.05) is 17.0 Å². The topological polar surface area (TPSA) is 123 Å². The van der Waals surface area contributed by atoms with Crippen molar-refractivity contribution < 1.29 is 4.92 Å². The molecule has 4 rings (SSSR count). The summed E-state index contributed by atoms with van der Waals surface area (Å²) >= 11 is 0. The number of nitrogens with two attached hydrogens (primary N) is 2. The van der Waals surface area contributed by atoms with Gasteiger partial charge in [-0.3, -0.25) is 15.0 Å². The van der Waals surface area contributed by atoms with Crippen LogP contribution in [0.1, 0.15) is 32.1 Å². The van der Waals surface area contributed by atoms with Gasteiger partial charge < -0.3 is 11.5 Å². The first-order valence-electron chi connectivity index (χ1n) is 8.68. The molecule has 1 saturated carbocycles. The number of nitrogens with zero attached hydrogens (tertiary/aromatic N) is 4. The first kappa shape index (κ1) is 16.3. The van der Waals surface area contributed by atoms with E-state index >= 15 is 0 Å². The van der Waals surface area contributed by atoms with E-state index in [4.69, 9.17) is 11.5 Å². The molecule has 134 valence electrons. The van der Waals surface area contributed by atoms with Crippen molar-refractivity contribution >= 4 is 34.1 Å². The summed E-state index contributed by atoms with van der Waals surface area (Å²) in [5, 5.41) is 12.7. The highest BCUT2D eigenvalue weighted by Crippen LogP contribution is 2.42. The Kier molecular flexibility index (Phi) is 3.75. The van der Waals surface area contributed by atoms with Crippen LogP contribution in [0.3, 0.4) is 0 Å². The minimum absolute atomic E-state index is 0.0672. The maximum Gasteiger partial charge on any atom is 0.277 e. The Hall–Kier alpha value is -3.16. The molecule has 4 N–H and O–H groups in total. The predicted octanol–water partition coefficient (Wildman–Crippen LogP) is 2.86. The molecule has 0 bridgehead atoms. The van der Waals surface area contributed by atoms with Crippen molar-refractivity contribution in [1.82, 2.24) is 0 Å². The van der Waals surface area contributed by atoms with E-state index in [-0.39, 0.29) is 22.5 Å². The molecule has 1 fully saturated rings. The average molecular weight is 352 g/mol. The number of hydrogen-bond acceptors (Lipinski definition) is 7. The molecule has 0 radical (unpaired) electrons. The van der Waals surface area contributed by atoms with Crippen molar-refractivity contribution in [3.05, 3.63) is 46.5 Å². The van der Waals surface area contributed by atoms with Crippen LogP contribution in [-0.4, -0.2) is 22.5 Å². The number of anilines is 1. The van der Waals surface area contributed by atoms with Crippen molar-refractivity contribution in [2.45, 2.75) is 37.8 Å². The molecule has 8 nitrogen and oxygen atoms in total. The first-order valence-corrected chi connectivity index (χ1v) is 8.68. The van der Waals surface area contributed by atoms with E-state index in [0.29, 0.717) is 5.39 Å². The summed E-state index contributed by atoms with van der Waals surface area (Å²) in [6.07, 6.45) is 4.81. The Balaban J connectivity index is 1.95. The lowest BCUT2D eigenvalue weighted by molar-refractivity contribution is -0.383. The molecule has 0 aromatic heterocycles. The van der Waals surface area contributed by atoms with E-state index in [9.17, 15) is 10.1 Å². The van der Waals surface area contributed by atoms with Gasteiger partial charge in [-0.05, 0) is 37.8 Å². The van der Waals surface area contributed by atoms with Crippen LogP contribution in [0.4, 0.5) is 11.4 Å². The quantitative estimate of drug-likeness (QED) is 0.635. The van der Waals surface area contributed by atoms with E-state index in [0.717, 1.165) is 43.2 Å². The van der Waals surface area contributed by atoms with Crippen LogP contribution < -0.4 is 16.4 Å². The molecular formula is C18H20N6O2. The molecule has 1 aliphatic heterocycles. The maximum atomic E-state index is 11.4. The second-order valence-corrected chi connectivity index (χ2v) is 6.73. The first-order chi connectivity index (χ1) is 12.5. The van der Waals surface area contributed by atoms with Gasteiger partial charge in [0.2, 0.25) is 11.9 Å². The highest BCUT2D eigenvalue weighted by molar-refractivity contribution is 6.11. The van der Waals surface area contributed by atoms with Crippen LogP contribution in [0.25, 0.3) is 10.8 Å². The van der Waals surface area contributed by atoms with E-state index in [1.165, 1.54) is 6.07 Å². The average Bonchev–Trinajstić information content (AvgIpc) is 2.61. The summed E-state index contributed by atoms with van der Waals surface area (Å²) in [7, 11) is 0. The van der Waals surface area contributed by atoms with Gasteiger partial charge in [-0.1, -0.05) is 24.6 Å².